The molecule has 20 heavy (non-hydrogen) atoms. The van der Waals surface area contributed by atoms with Crippen LogP contribution in [-0.2, 0) is 11.3 Å². The molecular weight excluding hydrogens is 371 g/mol. The van der Waals surface area contributed by atoms with Gasteiger partial charge in [0.1, 0.15) is 23.7 Å². The Hall–Kier alpha value is -1.76. The van der Waals surface area contributed by atoms with Gasteiger partial charge in [0, 0.05) is 3.57 Å². The summed E-state index contributed by atoms with van der Waals surface area (Å²) in [5.74, 6) is -0.478. The molecule has 0 heterocycles. The number of benzene rings is 2. The number of hydrogen-bond acceptors (Lipinski definition) is 4. The Balaban J connectivity index is 2.21. The first-order valence-corrected chi connectivity index (χ1v) is 6.97. The van der Waals surface area contributed by atoms with Crippen molar-refractivity contribution in [1.82, 2.24) is 0 Å². The maximum Gasteiger partial charge on any atom is 0.345 e. The van der Waals surface area contributed by atoms with Crippen LogP contribution in [-0.4, -0.2) is 18.2 Å². The molecule has 0 aromatic heterocycles. The van der Waals surface area contributed by atoms with Crippen molar-refractivity contribution in [2.45, 2.75) is 6.61 Å². The lowest BCUT2D eigenvalue weighted by molar-refractivity contribution is 0.0592. The van der Waals surface area contributed by atoms with Crippen LogP contribution in [0.2, 0.25) is 0 Å². The lowest BCUT2D eigenvalue weighted by Gasteiger charge is -2.11. The lowest BCUT2D eigenvalue weighted by atomic mass is 10.1. The number of ether oxygens (including phenoxy) is 2. The third-order valence-electron chi connectivity index (χ3n) is 2.68. The first-order chi connectivity index (χ1) is 9.61. The van der Waals surface area contributed by atoms with E-state index in [4.69, 9.17) is 4.74 Å². The highest BCUT2D eigenvalue weighted by molar-refractivity contribution is 14.1. The Bertz CT molecular complexity index is 625. The normalized spacial score (nSPS) is 10.1. The summed E-state index contributed by atoms with van der Waals surface area (Å²) in [7, 11) is 1.26. The molecule has 2 aromatic rings. The van der Waals surface area contributed by atoms with Gasteiger partial charge < -0.3 is 14.6 Å². The molecule has 104 valence electrons. The molecule has 0 bridgehead atoms. The second-order valence-electron chi connectivity index (χ2n) is 4.06. The number of aromatic hydroxyl groups is 1. The zero-order chi connectivity index (χ0) is 14.5. The minimum absolute atomic E-state index is 0.0422. The number of halogens is 1. The maximum atomic E-state index is 11.7. The van der Waals surface area contributed by atoms with Crippen molar-refractivity contribution in [2.75, 3.05) is 7.11 Å². The van der Waals surface area contributed by atoms with E-state index in [2.05, 4.69) is 27.3 Å². The summed E-state index contributed by atoms with van der Waals surface area (Å²) in [6.07, 6.45) is 0. The molecule has 0 aliphatic carbocycles. The van der Waals surface area contributed by atoms with Crippen LogP contribution < -0.4 is 4.74 Å². The van der Waals surface area contributed by atoms with Crippen molar-refractivity contribution in [1.29, 1.82) is 0 Å². The molecule has 0 unspecified atom stereocenters. The monoisotopic (exact) mass is 384 g/mol. The van der Waals surface area contributed by atoms with Crippen LogP contribution >= 0.6 is 22.6 Å². The van der Waals surface area contributed by atoms with Gasteiger partial charge in [0.2, 0.25) is 0 Å². The van der Waals surface area contributed by atoms with Crippen LogP contribution in [0.25, 0.3) is 0 Å². The largest absolute Gasteiger partial charge is 0.507 e. The summed E-state index contributed by atoms with van der Waals surface area (Å²) in [4.78, 5) is 11.7. The van der Waals surface area contributed by atoms with Gasteiger partial charge in [0.05, 0.1) is 7.11 Å². The number of methoxy groups -OCH3 is 1. The second-order valence-corrected chi connectivity index (χ2v) is 5.31. The average Bonchev–Trinajstić information content (AvgIpc) is 2.44. The molecule has 2 rings (SSSR count). The van der Waals surface area contributed by atoms with Crippen LogP contribution in [0.15, 0.2) is 42.5 Å². The zero-order valence-corrected chi connectivity index (χ0v) is 13.0. The molecule has 0 spiro atoms. The number of carbonyl (C=O) groups is 1. The van der Waals surface area contributed by atoms with E-state index >= 15 is 0 Å². The number of phenols is 1. The van der Waals surface area contributed by atoms with Gasteiger partial charge in [-0.25, -0.2) is 4.79 Å². The Kier molecular flexibility index (Phi) is 4.84. The van der Waals surface area contributed by atoms with E-state index in [0.29, 0.717) is 12.4 Å². The predicted octanol–water partition coefficient (Wildman–Crippen LogP) is 3.36. The summed E-state index contributed by atoms with van der Waals surface area (Å²) < 4.78 is 11.4. The van der Waals surface area contributed by atoms with Gasteiger partial charge in [-0.3, -0.25) is 0 Å². The molecule has 0 amide bonds. The predicted molar refractivity (Wildman–Crippen MR) is 82.9 cm³/mol. The fourth-order valence-corrected chi connectivity index (χ4v) is 2.34. The number of esters is 1. The van der Waals surface area contributed by atoms with Gasteiger partial charge in [0.15, 0.2) is 0 Å². The molecule has 0 aliphatic heterocycles. The van der Waals surface area contributed by atoms with Crippen LogP contribution in [0.1, 0.15) is 15.9 Å². The number of phenolic OH excluding ortho intramolecular Hbond substituents is 1. The molecule has 0 fully saturated rings. The van der Waals surface area contributed by atoms with E-state index in [1.807, 2.05) is 24.3 Å². The number of rotatable bonds is 4. The SMILES string of the molecule is COC(=O)c1c(O)cccc1OCc1cccc(I)c1. The summed E-state index contributed by atoms with van der Waals surface area (Å²) in [6.45, 7) is 0.310. The van der Waals surface area contributed by atoms with Crippen molar-refractivity contribution in [3.63, 3.8) is 0 Å². The van der Waals surface area contributed by atoms with Crippen molar-refractivity contribution >= 4 is 28.6 Å². The Morgan fingerprint density at radius 2 is 2.00 bits per heavy atom. The summed E-state index contributed by atoms with van der Waals surface area (Å²) in [6, 6.07) is 12.5. The van der Waals surface area contributed by atoms with Gasteiger partial charge in [-0.2, -0.15) is 0 Å². The molecule has 5 heteroatoms. The van der Waals surface area contributed by atoms with Crippen LogP contribution in [0.4, 0.5) is 0 Å². The highest BCUT2D eigenvalue weighted by atomic mass is 127. The lowest BCUT2D eigenvalue weighted by Crippen LogP contribution is -2.06. The van der Waals surface area contributed by atoms with E-state index < -0.39 is 5.97 Å². The van der Waals surface area contributed by atoms with Gasteiger partial charge in [-0.15, -0.1) is 0 Å². The van der Waals surface area contributed by atoms with Gasteiger partial charge in [-0.05, 0) is 52.4 Å². The van der Waals surface area contributed by atoms with E-state index in [0.717, 1.165) is 9.13 Å². The average molecular weight is 384 g/mol. The molecule has 0 aliphatic rings. The highest BCUT2D eigenvalue weighted by Gasteiger charge is 2.18. The summed E-state index contributed by atoms with van der Waals surface area (Å²) >= 11 is 2.22. The fraction of sp³-hybridized carbons (Fsp3) is 0.133. The van der Waals surface area contributed by atoms with Gasteiger partial charge >= 0.3 is 5.97 Å². The zero-order valence-electron chi connectivity index (χ0n) is 10.8. The third-order valence-corrected chi connectivity index (χ3v) is 3.35. The van der Waals surface area contributed by atoms with Crippen LogP contribution in [0, 0.1) is 3.57 Å². The maximum absolute atomic E-state index is 11.7. The molecular formula is C15H13IO4. The fourth-order valence-electron chi connectivity index (χ4n) is 1.73. The second kappa shape index (κ2) is 6.60. The molecule has 0 saturated carbocycles. The number of hydrogen-bond donors (Lipinski definition) is 1. The highest BCUT2D eigenvalue weighted by Crippen LogP contribution is 2.28. The summed E-state index contributed by atoms with van der Waals surface area (Å²) in [5, 5.41) is 9.75. The Morgan fingerprint density at radius 1 is 1.25 bits per heavy atom. The smallest absolute Gasteiger partial charge is 0.345 e. The quantitative estimate of drug-likeness (QED) is 0.649. The molecule has 4 nitrogen and oxygen atoms in total. The Morgan fingerprint density at radius 3 is 2.70 bits per heavy atom. The van der Waals surface area contributed by atoms with Crippen LogP contribution in [0.5, 0.6) is 11.5 Å². The third kappa shape index (κ3) is 3.41. The molecule has 0 atom stereocenters. The molecule has 0 saturated heterocycles. The van der Waals surface area contributed by atoms with Crippen molar-refractivity contribution < 1.29 is 19.4 Å². The van der Waals surface area contributed by atoms with E-state index in [-0.39, 0.29) is 11.3 Å². The molecule has 0 radical (unpaired) electrons. The first-order valence-electron chi connectivity index (χ1n) is 5.89. The standard InChI is InChI=1S/C15H13IO4/c1-19-15(18)14-12(17)6-3-7-13(14)20-9-10-4-2-5-11(16)8-10/h2-8,17H,9H2,1H3. The molecule has 2 aromatic carbocycles. The number of carbonyl (C=O) groups excluding carboxylic acids is 1. The minimum atomic E-state index is -0.624. The van der Waals surface area contributed by atoms with Crippen molar-refractivity contribution in [3.8, 4) is 11.5 Å². The van der Waals surface area contributed by atoms with Crippen molar-refractivity contribution in [3.05, 3.63) is 57.2 Å². The topological polar surface area (TPSA) is 55.8 Å². The van der Waals surface area contributed by atoms with Gasteiger partial charge in [0.25, 0.3) is 0 Å². The first kappa shape index (κ1) is 14.6. The Labute approximate surface area is 130 Å². The van der Waals surface area contributed by atoms with E-state index in [1.165, 1.54) is 13.2 Å². The van der Waals surface area contributed by atoms with Crippen LogP contribution in [0.3, 0.4) is 0 Å². The molecule has 1 N–H and O–H groups in total. The summed E-state index contributed by atoms with van der Waals surface area (Å²) in [5.41, 5.74) is 1.02. The van der Waals surface area contributed by atoms with E-state index in [9.17, 15) is 9.90 Å². The van der Waals surface area contributed by atoms with E-state index in [1.54, 1.807) is 12.1 Å². The van der Waals surface area contributed by atoms with Gasteiger partial charge in [-0.1, -0.05) is 18.2 Å². The minimum Gasteiger partial charge on any atom is -0.507 e. The van der Waals surface area contributed by atoms with Crippen molar-refractivity contribution in [2.24, 2.45) is 0 Å².